The molecular weight excluding hydrogens is 460 g/mol. The minimum Gasteiger partial charge on any atom is -0.351 e. The number of thiazole rings is 1. The molecule has 4 aromatic rings. The quantitative estimate of drug-likeness (QED) is 0.434. The van der Waals surface area contributed by atoms with Crippen LogP contribution < -0.4 is 10.9 Å². The van der Waals surface area contributed by atoms with Crippen LogP contribution in [0.15, 0.2) is 22.3 Å². The van der Waals surface area contributed by atoms with Crippen LogP contribution in [0.2, 0.25) is 0 Å². The fourth-order valence-electron chi connectivity index (χ4n) is 4.13. The van der Waals surface area contributed by atoms with Gasteiger partial charge in [-0.25, -0.2) is 9.97 Å². The number of carbonyl (C=O) groups is 1. The van der Waals surface area contributed by atoms with Gasteiger partial charge in [-0.15, -0.1) is 34.0 Å². The lowest BCUT2D eigenvalue weighted by molar-refractivity contribution is 0.0958. The van der Waals surface area contributed by atoms with Crippen LogP contribution in [-0.4, -0.2) is 27.0 Å². The molecule has 1 aliphatic heterocycles. The Morgan fingerprint density at radius 3 is 2.84 bits per heavy atom. The molecule has 0 atom stereocenters. The fourth-order valence-corrected chi connectivity index (χ4v) is 6.89. The zero-order valence-corrected chi connectivity index (χ0v) is 20.5. The van der Waals surface area contributed by atoms with E-state index in [0.717, 1.165) is 65.6 Å². The Hall–Kier alpha value is -2.36. The molecule has 0 saturated carbocycles. The first-order valence-electron chi connectivity index (χ1n) is 10.8. The first-order valence-corrected chi connectivity index (χ1v) is 13.3. The van der Waals surface area contributed by atoms with Crippen LogP contribution >= 0.6 is 34.0 Å². The van der Waals surface area contributed by atoms with Crippen molar-refractivity contribution in [3.8, 4) is 10.6 Å². The second kappa shape index (κ2) is 8.88. The van der Waals surface area contributed by atoms with Gasteiger partial charge < -0.3 is 5.32 Å². The number of amides is 1. The van der Waals surface area contributed by atoms with E-state index < -0.39 is 0 Å². The van der Waals surface area contributed by atoms with Gasteiger partial charge in [-0.1, -0.05) is 6.42 Å². The van der Waals surface area contributed by atoms with Crippen molar-refractivity contribution in [1.82, 2.24) is 19.9 Å². The number of hydrogen-bond acceptors (Lipinski definition) is 7. The van der Waals surface area contributed by atoms with E-state index in [1.54, 1.807) is 22.7 Å². The standard InChI is InChI=1S/C23H24N4O2S3/c1-13-19-22(26-18-6-4-3-5-11-27(18)23(19)29)32-20(13)21(28)24-10-9-15-7-8-17(31-15)16-12-30-14(2)25-16/h7-8,12H,3-6,9-11H2,1-2H3,(H,24,28). The topological polar surface area (TPSA) is 76.9 Å². The van der Waals surface area contributed by atoms with Crippen LogP contribution in [0, 0.1) is 13.8 Å². The average molecular weight is 485 g/mol. The normalized spacial score (nSPS) is 13.8. The van der Waals surface area contributed by atoms with Crippen molar-refractivity contribution < 1.29 is 4.79 Å². The van der Waals surface area contributed by atoms with Gasteiger partial charge in [0.15, 0.2) is 0 Å². The summed E-state index contributed by atoms with van der Waals surface area (Å²) in [5.74, 6) is 0.731. The molecule has 0 radical (unpaired) electrons. The molecule has 4 aromatic heterocycles. The number of fused-ring (bicyclic) bond motifs is 2. The summed E-state index contributed by atoms with van der Waals surface area (Å²) < 4.78 is 1.81. The summed E-state index contributed by atoms with van der Waals surface area (Å²) in [6.45, 7) is 5.14. The van der Waals surface area contributed by atoms with Crippen molar-refractivity contribution in [1.29, 1.82) is 0 Å². The first-order chi connectivity index (χ1) is 15.5. The molecule has 1 N–H and O–H groups in total. The summed E-state index contributed by atoms with van der Waals surface area (Å²) >= 11 is 4.70. The Bertz CT molecular complexity index is 1360. The van der Waals surface area contributed by atoms with Crippen LogP contribution in [0.5, 0.6) is 0 Å². The lowest BCUT2D eigenvalue weighted by Crippen LogP contribution is -2.26. The number of rotatable bonds is 5. The SMILES string of the molecule is Cc1nc(-c2ccc(CCNC(=O)c3sc4nc5n(c(=O)c4c3C)CCCCC5)s2)cs1. The van der Waals surface area contributed by atoms with Gasteiger partial charge in [0.05, 0.1) is 25.8 Å². The highest BCUT2D eigenvalue weighted by atomic mass is 32.1. The molecule has 0 fully saturated rings. The molecule has 32 heavy (non-hydrogen) atoms. The number of aromatic nitrogens is 3. The number of carbonyl (C=O) groups excluding carboxylic acids is 1. The van der Waals surface area contributed by atoms with E-state index in [4.69, 9.17) is 4.98 Å². The van der Waals surface area contributed by atoms with Crippen molar-refractivity contribution in [2.24, 2.45) is 0 Å². The summed E-state index contributed by atoms with van der Waals surface area (Å²) in [5.41, 5.74) is 1.77. The molecule has 6 nitrogen and oxygen atoms in total. The first kappa shape index (κ1) is 21.5. The lowest BCUT2D eigenvalue weighted by atomic mass is 10.2. The molecule has 0 unspecified atom stereocenters. The van der Waals surface area contributed by atoms with Crippen LogP contribution in [0.1, 0.15) is 50.2 Å². The number of aryl methyl sites for hydroxylation is 3. The Morgan fingerprint density at radius 1 is 1.16 bits per heavy atom. The fraction of sp³-hybridized carbons (Fsp3) is 0.391. The Labute approximate surface area is 198 Å². The van der Waals surface area contributed by atoms with Crippen LogP contribution in [0.4, 0.5) is 0 Å². The Morgan fingerprint density at radius 2 is 2.03 bits per heavy atom. The van der Waals surface area contributed by atoms with E-state index in [9.17, 15) is 9.59 Å². The smallest absolute Gasteiger partial charge is 0.262 e. The molecule has 0 bridgehead atoms. The highest BCUT2D eigenvalue weighted by molar-refractivity contribution is 7.20. The molecular formula is C23H24N4O2S3. The minimum absolute atomic E-state index is 0.00286. The van der Waals surface area contributed by atoms with Gasteiger partial charge in [0.2, 0.25) is 0 Å². The summed E-state index contributed by atoms with van der Waals surface area (Å²) in [7, 11) is 0. The van der Waals surface area contributed by atoms with Gasteiger partial charge in [-0.3, -0.25) is 14.2 Å². The number of hydrogen-bond donors (Lipinski definition) is 1. The minimum atomic E-state index is -0.128. The van der Waals surface area contributed by atoms with Gasteiger partial charge in [0, 0.05) is 29.8 Å². The molecule has 0 spiro atoms. The number of nitrogens with one attached hydrogen (secondary N) is 1. The largest absolute Gasteiger partial charge is 0.351 e. The maximum absolute atomic E-state index is 13.1. The average Bonchev–Trinajstić information content (AvgIpc) is 3.44. The van der Waals surface area contributed by atoms with Gasteiger partial charge in [-0.05, 0) is 50.8 Å². The molecule has 0 aliphatic carbocycles. The van der Waals surface area contributed by atoms with Gasteiger partial charge in [-0.2, -0.15) is 0 Å². The summed E-state index contributed by atoms with van der Waals surface area (Å²) in [5, 5.41) is 6.77. The summed E-state index contributed by atoms with van der Waals surface area (Å²) in [6, 6.07) is 4.19. The third-order valence-electron chi connectivity index (χ3n) is 5.81. The van der Waals surface area contributed by atoms with Gasteiger partial charge >= 0.3 is 0 Å². The maximum atomic E-state index is 13.1. The van der Waals surface area contributed by atoms with Gasteiger partial charge in [0.1, 0.15) is 10.7 Å². The predicted octanol–water partition coefficient (Wildman–Crippen LogP) is 4.96. The molecule has 166 valence electrons. The van der Waals surface area contributed by atoms with Gasteiger partial charge in [0.25, 0.3) is 11.5 Å². The van der Waals surface area contributed by atoms with E-state index in [0.29, 0.717) is 21.6 Å². The second-order valence-electron chi connectivity index (χ2n) is 8.06. The van der Waals surface area contributed by atoms with E-state index in [-0.39, 0.29) is 11.5 Å². The summed E-state index contributed by atoms with van der Waals surface area (Å²) in [4.78, 5) is 38.9. The lowest BCUT2D eigenvalue weighted by Gasteiger charge is -2.08. The zero-order valence-electron chi connectivity index (χ0n) is 18.1. The van der Waals surface area contributed by atoms with Crippen molar-refractivity contribution in [2.45, 2.75) is 52.5 Å². The Kier molecular flexibility index (Phi) is 5.96. The second-order valence-corrected chi connectivity index (χ2v) is 11.3. The van der Waals surface area contributed by atoms with Crippen LogP contribution in [-0.2, 0) is 19.4 Å². The van der Waals surface area contributed by atoms with Crippen LogP contribution in [0.3, 0.4) is 0 Å². The number of thiophene rings is 2. The molecule has 9 heteroatoms. The third kappa shape index (κ3) is 4.04. The predicted molar refractivity (Wildman–Crippen MR) is 132 cm³/mol. The monoisotopic (exact) mass is 484 g/mol. The molecule has 5 heterocycles. The molecule has 1 aliphatic rings. The van der Waals surface area contributed by atoms with E-state index in [1.165, 1.54) is 16.2 Å². The van der Waals surface area contributed by atoms with Crippen LogP contribution in [0.25, 0.3) is 20.8 Å². The van der Waals surface area contributed by atoms with E-state index in [2.05, 4.69) is 27.8 Å². The van der Waals surface area contributed by atoms with Crippen molar-refractivity contribution in [3.05, 3.63) is 54.0 Å². The van der Waals surface area contributed by atoms with Crippen molar-refractivity contribution in [2.75, 3.05) is 6.54 Å². The van der Waals surface area contributed by atoms with Crippen molar-refractivity contribution >= 4 is 50.1 Å². The van der Waals surface area contributed by atoms with E-state index >= 15 is 0 Å². The number of nitrogens with zero attached hydrogens (tertiary/aromatic N) is 3. The molecule has 5 rings (SSSR count). The van der Waals surface area contributed by atoms with E-state index in [1.807, 2.05) is 18.4 Å². The van der Waals surface area contributed by atoms with Crippen molar-refractivity contribution in [3.63, 3.8) is 0 Å². The Balaban J connectivity index is 1.30. The molecule has 1 amide bonds. The summed E-state index contributed by atoms with van der Waals surface area (Å²) in [6.07, 6.45) is 4.77. The molecule has 0 aromatic carbocycles. The zero-order chi connectivity index (χ0) is 22.2. The highest BCUT2D eigenvalue weighted by Gasteiger charge is 2.22. The highest BCUT2D eigenvalue weighted by Crippen LogP contribution is 2.30. The maximum Gasteiger partial charge on any atom is 0.262 e. The third-order valence-corrected chi connectivity index (χ3v) is 8.93. The molecule has 0 saturated heterocycles.